The minimum atomic E-state index is 0.399. The first-order valence-electron chi connectivity index (χ1n) is 4.92. The van der Waals surface area contributed by atoms with Crippen LogP contribution in [0.1, 0.15) is 18.1 Å². The first kappa shape index (κ1) is 9.75. The van der Waals surface area contributed by atoms with Crippen LogP contribution < -0.4 is 5.73 Å². The minimum Gasteiger partial charge on any atom is -0.330 e. The Morgan fingerprint density at radius 2 is 2.29 bits per heavy atom. The van der Waals surface area contributed by atoms with E-state index in [2.05, 4.69) is 19.1 Å². The molecule has 2 rings (SSSR count). The molecule has 0 heterocycles. The van der Waals surface area contributed by atoms with Crippen LogP contribution in [0.4, 0.5) is 0 Å². The Bertz CT molecular complexity index is 382. The average molecular weight is 208 g/mol. The lowest BCUT2D eigenvalue weighted by Gasteiger charge is -2.13. The van der Waals surface area contributed by atoms with Gasteiger partial charge in [0.15, 0.2) is 0 Å². The van der Waals surface area contributed by atoms with Crippen molar-refractivity contribution in [2.45, 2.75) is 13.3 Å². The van der Waals surface area contributed by atoms with Gasteiger partial charge in [0.05, 0.1) is 0 Å². The van der Waals surface area contributed by atoms with Gasteiger partial charge >= 0.3 is 0 Å². The zero-order valence-corrected chi connectivity index (χ0v) is 9.01. The number of halogens is 1. The van der Waals surface area contributed by atoms with E-state index in [1.54, 1.807) is 0 Å². The highest BCUT2D eigenvalue weighted by atomic mass is 35.5. The molecular formula is C12H14ClN. The summed E-state index contributed by atoms with van der Waals surface area (Å²) in [5, 5.41) is 0.853. The Labute approximate surface area is 89.6 Å². The molecule has 0 fully saturated rings. The van der Waals surface area contributed by atoms with E-state index < -0.39 is 0 Å². The van der Waals surface area contributed by atoms with Crippen LogP contribution in [0, 0.1) is 5.92 Å². The van der Waals surface area contributed by atoms with Crippen LogP contribution >= 0.6 is 11.6 Å². The number of hydrogen-bond acceptors (Lipinski definition) is 1. The molecule has 0 saturated heterocycles. The van der Waals surface area contributed by atoms with Gasteiger partial charge in [-0.1, -0.05) is 36.7 Å². The standard InChI is InChI=1S/C12H14ClN/c1-8(7-14)10-6-5-9-3-2-4-11(13)12(9)10/h2-4,6,8H,5,7,14H2,1H3. The summed E-state index contributed by atoms with van der Waals surface area (Å²) in [7, 11) is 0. The maximum Gasteiger partial charge on any atom is 0.0484 e. The third kappa shape index (κ3) is 1.47. The van der Waals surface area contributed by atoms with E-state index >= 15 is 0 Å². The summed E-state index contributed by atoms with van der Waals surface area (Å²) in [5.41, 5.74) is 9.53. The molecule has 1 aliphatic rings. The quantitative estimate of drug-likeness (QED) is 0.793. The Kier molecular flexibility index (Phi) is 2.62. The van der Waals surface area contributed by atoms with E-state index in [0.717, 1.165) is 11.4 Å². The molecule has 0 saturated carbocycles. The number of benzene rings is 1. The summed E-state index contributed by atoms with van der Waals surface area (Å²) in [6, 6.07) is 6.09. The summed E-state index contributed by atoms with van der Waals surface area (Å²) in [4.78, 5) is 0. The third-order valence-corrected chi connectivity index (χ3v) is 3.13. The third-order valence-electron chi connectivity index (χ3n) is 2.81. The van der Waals surface area contributed by atoms with Crippen molar-refractivity contribution in [2.24, 2.45) is 11.7 Å². The molecule has 0 spiro atoms. The maximum absolute atomic E-state index is 6.18. The van der Waals surface area contributed by atoms with E-state index in [4.69, 9.17) is 17.3 Å². The SMILES string of the molecule is CC(CN)C1=CCc2cccc(Cl)c21. The lowest BCUT2D eigenvalue weighted by atomic mass is 9.95. The summed E-state index contributed by atoms with van der Waals surface area (Å²) >= 11 is 6.18. The second-order valence-electron chi connectivity index (χ2n) is 3.77. The van der Waals surface area contributed by atoms with Crippen LogP contribution in [-0.2, 0) is 6.42 Å². The fourth-order valence-corrected chi connectivity index (χ4v) is 2.26. The van der Waals surface area contributed by atoms with Crippen LogP contribution in [0.5, 0.6) is 0 Å². The summed E-state index contributed by atoms with van der Waals surface area (Å²) in [6.07, 6.45) is 3.24. The van der Waals surface area contributed by atoms with Crippen molar-refractivity contribution < 1.29 is 0 Å². The van der Waals surface area contributed by atoms with Gasteiger partial charge in [-0.05, 0) is 41.6 Å². The van der Waals surface area contributed by atoms with Crippen molar-refractivity contribution in [3.63, 3.8) is 0 Å². The van der Waals surface area contributed by atoms with Crippen molar-refractivity contribution in [3.8, 4) is 0 Å². The number of rotatable bonds is 2. The zero-order valence-electron chi connectivity index (χ0n) is 8.26. The molecule has 0 bridgehead atoms. The smallest absolute Gasteiger partial charge is 0.0484 e. The molecule has 14 heavy (non-hydrogen) atoms. The van der Waals surface area contributed by atoms with E-state index in [-0.39, 0.29) is 0 Å². The molecule has 0 amide bonds. The number of hydrogen-bond donors (Lipinski definition) is 1. The fraction of sp³-hybridized carbons (Fsp3) is 0.333. The van der Waals surface area contributed by atoms with Crippen LogP contribution in [-0.4, -0.2) is 6.54 Å². The van der Waals surface area contributed by atoms with Crippen molar-refractivity contribution in [1.29, 1.82) is 0 Å². The predicted molar refractivity (Wildman–Crippen MR) is 61.4 cm³/mol. The minimum absolute atomic E-state index is 0.399. The largest absolute Gasteiger partial charge is 0.330 e. The van der Waals surface area contributed by atoms with Crippen LogP contribution in [0.25, 0.3) is 5.57 Å². The molecule has 2 heteroatoms. The van der Waals surface area contributed by atoms with Crippen molar-refractivity contribution >= 4 is 17.2 Å². The molecule has 2 N–H and O–H groups in total. The lowest BCUT2D eigenvalue weighted by molar-refractivity contribution is 0.761. The van der Waals surface area contributed by atoms with E-state index in [1.165, 1.54) is 16.7 Å². The van der Waals surface area contributed by atoms with Gasteiger partial charge in [-0.2, -0.15) is 0 Å². The van der Waals surface area contributed by atoms with Crippen LogP contribution in [0.3, 0.4) is 0 Å². The van der Waals surface area contributed by atoms with Crippen molar-refractivity contribution in [1.82, 2.24) is 0 Å². The van der Waals surface area contributed by atoms with Gasteiger partial charge in [0, 0.05) is 5.02 Å². The van der Waals surface area contributed by atoms with Gasteiger partial charge < -0.3 is 5.73 Å². The fourth-order valence-electron chi connectivity index (χ4n) is 1.96. The molecule has 0 radical (unpaired) electrons. The van der Waals surface area contributed by atoms with Gasteiger partial charge in [-0.15, -0.1) is 0 Å². The van der Waals surface area contributed by atoms with Gasteiger partial charge in [0.2, 0.25) is 0 Å². The number of nitrogens with two attached hydrogens (primary N) is 1. The second-order valence-corrected chi connectivity index (χ2v) is 4.18. The lowest BCUT2D eigenvalue weighted by Crippen LogP contribution is -2.11. The Morgan fingerprint density at radius 1 is 1.50 bits per heavy atom. The highest BCUT2D eigenvalue weighted by Gasteiger charge is 2.20. The number of fused-ring (bicyclic) bond motifs is 1. The first-order chi connectivity index (χ1) is 6.74. The Morgan fingerprint density at radius 3 is 3.00 bits per heavy atom. The number of allylic oxidation sites excluding steroid dienone is 1. The second kappa shape index (κ2) is 3.76. The maximum atomic E-state index is 6.18. The normalized spacial score (nSPS) is 16.4. The molecule has 0 aromatic heterocycles. The summed E-state index contributed by atoms with van der Waals surface area (Å²) < 4.78 is 0. The average Bonchev–Trinajstić information content (AvgIpc) is 2.62. The molecule has 1 nitrogen and oxygen atoms in total. The van der Waals surface area contributed by atoms with Crippen LogP contribution in [0.15, 0.2) is 24.3 Å². The summed E-state index contributed by atoms with van der Waals surface area (Å²) in [6.45, 7) is 2.82. The molecule has 1 unspecified atom stereocenters. The van der Waals surface area contributed by atoms with Crippen molar-refractivity contribution in [3.05, 3.63) is 40.4 Å². The van der Waals surface area contributed by atoms with E-state index in [0.29, 0.717) is 12.5 Å². The zero-order chi connectivity index (χ0) is 10.1. The Balaban J connectivity index is 2.45. The van der Waals surface area contributed by atoms with Gasteiger partial charge in [-0.3, -0.25) is 0 Å². The first-order valence-corrected chi connectivity index (χ1v) is 5.29. The van der Waals surface area contributed by atoms with Crippen molar-refractivity contribution in [2.75, 3.05) is 6.54 Å². The molecular weight excluding hydrogens is 194 g/mol. The molecule has 74 valence electrons. The van der Waals surface area contributed by atoms with E-state index in [9.17, 15) is 0 Å². The van der Waals surface area contributed by atoms with Crippen LogP contribution in [0.2, 0.25) is 5.02 Å². The predicted octanol–water partition coefficient (Wildman–Crippen LogP) is 2.87. The molecule has 1 aromatic carbocycles. The van der Waals surface area contributed by atoms with Gasteiger partial charge in [0.1, 0.15) is 0 Å². The molecule has 0 aliphatic heterocycles. The molecule has 1 aromatic rings. The topological polar surface area (TPSA) is 26.0 Å². The molecule has 1 atom stereocenters. The van der Waals surface area contributed by atoms with Gasteiger partial charge in [-0.25, -0.2) is 0 Å². The highest BCUT2D eigenvalue weighted by Crippen LogP contribution is 2.37. The Hall–Kier alpha value is -0.790. The summed E-state index contributed by atoms with van der Waals surface area (Å²) in [5.74, 6) is 0.399. The highest BCUT2D eigenvalue weighted by molar-refractivity contribution is 6.32. The monoisotopic (exact) mass is 207 g/mol. The van der Waals surface area contributed by atoms with Gasteiger partial charge in [0.25, 0.3) is 0 Å². The molecule has 1 aliphatic carbocycles. The van der Waals surface area contributed by atoms with E-state index in [1.807, 2.05) is 12.1 Å².